The highest BCUT2D eigenvalue weighted by atomic mass is 32.2. The van der Waals surface area contributed by atoms with Crippen LogP contribution in [0.25, 0.3) is 0 Å². The van der Waals surface area contributed by atoms with E-state index in [0.29, 0.717) is 17.5 Å². The first-order valence-corrected chi connectivity index (χ1v) is 14.3. The van der Waals surface area contributed by atoms with Crippen LogP contribution in [0.15, 0.2) is 51.6 Å². The van der Waals surface area contributed by atoms with Crippen LogP contribution in [0.4, 0.5) is 4.39 Å². The maximum atomic E-state index is 13.3. The van der Waals surface area contributed by atoms with Crippen molar-refractivity contribution in [1.82, 2.24) is 14.5 Å². The van der Waals surface area contributed by atoms with Crippen molar-refractivity contribution >= 4 is 17.6 Å². The zero-order valence-corrected chi connectivity index (χ0v) is 22.2. The standard InChI is InChI=1S/C28H37FN4O2S/c1-3-5-6-7-8-9-18-32-25(31-35-26(32)11-4-2)19-33-24-13-10-12-23(24)27(34)30-28(33)36-20-21-14-16-22(29)17-15-21/h9,14-18,26H,3-8,10-13,19-20H2,1-2H3/b18-9+. The van der Waals surface area contributed by atoms with E-state index < -0.39 is 0 Å². The SMILES string of the molecule is CCCCCC/C=C/N1C(Cn2c(SCc3ccc(F)cc3)nc(=O)c3c2CCC3)=NOC1CCC. The van der Waals surface area contributed by atoms with Gasteiger partial charge in [0.25, 0.3) is 5.56 Å². The van der Waals surface area contributed by atoms with Crippen molar-refractivity contribution in [2.75, 3.05) is 0 Å². The van der Waals surface area contributed by atoms with Gasteiger partial charge in [0.15, 0.2) is 11.0 Å². The summed E-state index contributed by atoms with van der Waals surface area (Å²) in [5.74, 6) is 1.19. The Morgan fingerprint density at radius 1 is 1.14 bits per heavy atom. The Bertz CT molecular complexity index is 1130. The Hall–Kier alpha value is -2.61. The predicted molar refractivity (Wildman–Crippen MR) is 143 cm³/mol. The van der Waals surface area contributed by atoms with E-state index in [1.165, 1.54) is 49.6 Å². The topological polar surface area (TPSA) is 59.7 Å². The molecular weight excluding hydrogens is 475 g/mol. The number of thioether (sulfide) groups is 1. The monoisotopic (exact) mass is 512 g/mol. The quantitative estimate of drug-likeness (QED) is 0.176. The first-order valence-electron chi connectivity index (χ1n) is 13.3. The minimum absolute atomic E-state index is 0.104. The van der Waals surface area contributed by atoms with Gasteiger partial charge < -0.3 is 9.40 Å². The lowest BCUT2D eigenvalue weighted by Crippen LogP contribution is -2.35. The molecule has 2 aliphatic rings. The maximum absolute atomic E-state index is 13.3. The molecule has 1 aliphatic carbocycles. The Morgan fingerprint density at radius 3 is 2.75 bits per heavy atom. The van der Waals surface area contributed by atoms with Crippen LogP contribution in [0.5, 0.6) is 0 Å². The number of fused-ring (bicyclic) bond motifs is 1. The summed E-state index contributed by atoms with van der Waals surface area (Å²) in [7, 11) is 0. The number of unbranched alkanes of at least 4 members (excludes halogenated alkanes) is 4. The molecule has 2 aromatic rings. The van der Waals surface area contributed by atoms with Crippen molar-refractivity contribution in [2.24, 2.45) is 5.16 Å². The van der Waals surface area contributed by atoms with E-state index in [1.807, 2.05) is 0 Å². The molecule has 0 saturated heterocycles. The number of amidine groups is 1. The van der Waals surface area contributed by atoms with Crippen molar-refractivity contribution in [3.05, 3.63) is 69.5 Å². The number of rotatable bonds is 13. The van der Waals surface area contributed by atoms with Crippen molar-refractivity contribution in [1.29, 1.82) is 0 Å². The second kappa shape index (κ2) is 13.1. The Morgan fingerprint density at radius 2 is 1.97 bits per heavy atom. The van der Waals surface area contributed by atoms with Gasteiger partial charge >= 0.3 is 0 Å². The normalized spacial score (nSPS) is 17.0. The molecule has 0 saturated carbocycles. The number of halogens is 1. The van der Waals surface area contributed by atoms with Crippen LogP contribution in [0.1, 0.15) is 82.0 Å². The molecule has 1 aromatic carbocycles. The third-order valence-electron chi connectivity index (χ3n) is 6.70. The van der Waals surface area contributed by atoms with Crippen molar-refractivity contribution in [3.8, 4) is 0 Å². The van der Waals surface area contributed by atoms with Crippen molar-refractivity contribution in [3.63, 3.8) is 0 Å². The highest BCUT2D eigenvalue weighted by molar-refractivity contribution is 7.98. The number of hydrogen-bond donors (Lipinski definition) is 0. The smallest absolute Gasteiger partial charge is 0.277 e. The molecule has 4 rings (SSSR count). The van der Waals surface area contributed by atoms with Crippen LogP contribution in [0, 0.1) is 5.82 Å². The number of oxime groups is 1. The summed E-state index contributed by atoms with van der Waals surface area (Å²) in [5.41, 5.74) is 2.74. The summed E-state index contributed by atoms with van der Waals surface area (Å²) in [6.07, 6.45) is 14.7. The average Bonchev–Trinajstić information content (AvgIpc) is 3.51. The zero-order chi connectivity index (χ0) is 25.3. The summed E-state index contributed by atoms with van der Waals surface area (Å²) < 4.78 is 15.5. The molecule has 0 amide bonds. The van der Waals surface area contributed by atoms with Gasteiger partial charge in [-0.25, -0.2) is 4.39 Å². The number of nitrogens with zero attached hydrogens (tertiary/aromatic N) is 4. The molecule has 0 spiro atoms. The van der Waals surface area contributed by atoms with E-state index in [-0.39, 0.29) is 17.6 Å². The van der Waals surface area contributed by atoms with Gasteiger partial charge in [0, 0.05) is 29.6 Å². The molecule has 194 valence electrons. The molecule has 0 bridgehead atoms. The Labute approximate surface area is 217 Å². The van der Waals surface area contributed by atoms with Gasteiger partial charge in [-0.3, -0.25) is 9.69 Å². The lowest BCUT2D eigenvalue weighted by Gasteiger charge is -2.23. The predicted octanol–water partition coefficient (Wildman–Crippen LogP) is 6.42. The van der Waals surface area contributed by atoms with Gasteiger partial charge in [-0.15, -0.1) is 0 Å². The third kappa shape index (κ3) is 6.58. The zero-order valence-electron chi connectivity index (χ0n) is 21.4. The summed E-state index contributed by atoms with van der Waals surface area (Å²) >= 11 is 1.51. The second-order valence-electron chi connectivity index (χ2n) is 9.48. The fourth-order valence-corrected chi connectivity index (χ4v) is 5.69. The molecule has 1 aromatic heterocycles. The number of hydrogen-bond acceptors (Lipinski definition) is 6. The summed E-state index contributed by atoms with van der Waals surface area (Å²) in [6, 6.07) is 6.47. The van der Waals surface area contributed by atoms with Crippen LogP contribution in [-0.4, -0.2) is 26.5 Å². The minimum atomic E-state index is -0.254. The molecule has 1 unspecified atom stereocenters. The molecule has 2 heterocycles. The van der Waals surface area contributed by atoms with Crippen LogP contribution in [0.3, 0.4) is 0 Å². The van der Waals surface area contributed by atoms with E-state index >= 15 is 0 Å². The highest BCUT2D eigenvalue weighted by Crippen LogP contribution is 2.28. The summed E-state index contributed by atoms with van der Waals surface area (Å²) in [4.78, 5) is 25.2. The third-order valence-corrected chi connectivity index (χ3v) is 7.74. The molecule has 0 radical (unpaired) electrons. The fourth-order valence-electron chi connectivity index (χ4n) is 4.72. The van der Waals surface area contributed by atoms with E-state index in [9.17, 15) is 9.18 Å². The highest BCUT2D eigenvalue weighted by Gasteiger charge is 2.30. The molecular formula is C28H37FN4O2S. The van der Waals surface area contributed by atoms with Gasteiger partial charge in [-0.2, -0.15) is 4.98 Å². The van der Waals surface area contributed by atoms with Crippen LogP contribution in [-0.2, 0) is 30.0 Å². The second-order valence-corrected chi connectivity index (χ2v) is 10.4. The van der Waals surface area contributed by atoms with E-state index in [0.717, 1.165) is 61.2 Å². The molecule has 0 fully saturated rings. The summed E-state index contributed by atoms with van der Waals surface area (Å²) in [6.45, 7) is 4.88. The molecule has 36 heavy (non-hydrogen) atoms. The summed E-state index contributed by atoms with van der Waals surface area (Å²) in [5, 5.41) is 5.15. The van der Waals surface area contributed by atoms with Crippen LogP contribution in [0.2, 0.25) is 0 Å². The van der Waals surface area contributed by atoms with Gasteiger partial charge in [0.05, 0.1) is 6.54 Å². The van der Waals surface area contributed by atoms with Crippen LogP contribution < -0.4 is 5.56 Å². The average molecular weight is 513 g/mol. The van der Waals surface area contributed by atoms with Crippen molar-refractivity contribution in [2.45, 2.75) is 102 Å². The van der Waals surface area contributed by atoms with Crippen LogP contribution >= 0.6 is 11.8 Å². The van der Waals surface area contributed by atoms with Gasteiger partial charge in [-0.05, 0) is 49.8 Å². The van der Waals surface area contributed by atoms with Gasteiger partial charge in [0.2, 0.25) is 6.23 Å². The molecule has 8 heteroatoms. The maximum Gasteiger partial charge on any atom is 0.277 e. The van der Waals surface area contributed by atoms with E-state index in [2.05, 4.69) is 45.7 Å². The lowest BCUT2D eigenvalue weighted by atomic mass is 10.1. The van der Waals surface area contributed by atoms with E-state index in [4.69, 9.17) is 4.84 Å². The molecule has 0 N–H and O–H groups in total. The first kappa shape index (κ1) is 26.5. The minimum Gasteiger partial charge on any atom is -0.368 e. The Balaban J connectivity index is 1.55. The number of allylic oxidation sites excluding steroid dienone is 1. The first-order chi connectivity index (χ1) is 17.6. The molecule has 1 atom stereocenters. The fraction of sp³-hybridized carbons (Fsp3) is 0.536. The lowest BCUT2D eigenvalue weighted by molar-refractivity contribution is 0.0212. The number of benzene rings is 1. The molecule has 1 aliphatic heterocycles. The largest absolute Gasteiger partial charge is 0.368 e. The van der Waals surface area contributed by atoms with Gasteiger partial charge in [-0.1, -0.05) is 74.7 Å². The van der Waals surface area contributed by atoms with Gasteiger partial charge in [0.1, 0.15) is 5.82 Å². The van der Waals surface area contributed by atoms with Crippen molar-refractivity contribution < 1.29 is 9.23 Å². The van der Waals surface area contributed by atoms with E-state index in [1.54, 1.807) is 12.1 Å². The Kier molecular flexibility index (Phi) is 9.61. The molecule has 6 nitrogen and oxygen atoms in total. The number of aromatic nitrogens is 2.